The molecule has 0 bridgehead atoms. The SMILES string of the molecule is COc1ccccc1/C=C(/C(=O)OCC(=O)Nc1ccc(F)cc1F)c1ccccc1. The number of amides is 1. The number of ether oxygens (including phenoxy) is 2. The maximum absolute atomic E-state index is 13.7. The Balaban J connectivity index is 1.77. The van der Waals surface area contributed by atoms with E-state index in [9.17, 15) is 18.4 Å². The smallest absolute Gasteiger partial charge is 0.339 e. The van der Waals surface area contributed by atoms with Gasteiger partial charge in [0.15, 0.2) is 6.61 Å². The molecule has 3 rings (SSSR count). The largest absolute Gasteiger partial charge is 0.496 e. The Morgan fingerprint density at radius 2 is 1.68 bits per heavy atom. The summed E-state index contributed by atoms with van der Waals surface area (Å²) in [5, 5.41) is 2.24. The van der Waals surface area contributed by atoms with Crippen LogP contribution in [-0.4, -0.2) is 25.6 Å². The fourth-order valence-corrected chi connectivity index (χ4v) is 2.80. The molecular weight excluding hydrogens is 404 g/mol. The van der Waals surface area contributed by atoms with E-state index in [1.54, 1.807) is 60.7 Å². The number of methoxy groups -OCH3 is 1. The molecule has 0 spiro atoms. The summed E-state index contributed by atoms with van der Waals surface area (Å²) in [6.45, 7) is -0.647. The van der Waals surface area contributed by atoms with E-state index >= 15 is 0 Å². The summed E-state index contributed by atoms with van der Waals surface area (Å²) in [7, 11) is 1.52. The number of benzene rings is 3. The van der Waals surface area contributed by atoms with E-state index in [1.807, 2.05) is 0 Å². The summed E-state index contributed by atoms with van der Waals surface area (Å²) >= 11 is 0. The first-order valence-electron chi connectivity index (χ1n) is 9.30. The lowest BCUT2D eigenvalue weighted by Gasteiger charge is -2.11. The molecule has 0 aliphatic heterocycles. The highest BCUT2D eigenvalue weighted by atomic mass is 19.1. The summed E-state index contributed by atoms with van der Waals surface area (Å²) in [5.41, 5.74) is 1.24. The molecule has 0 saturated heterocycles. The molecule has 0 saturated carbocycles. The minimum Gasteiger partial charge on any atom is -0.496 e. The number of carbonyl (C=O) groups is 2. The highest BCUT2D eigenvalue weighted by molar-refractivity contribution is 6.22. The second-order valence-electron chi connectivity index (χ2n) is 6.41. The predicted octanol–water partition coefficient (Wildman–Crippen LogP) is 4.70. The first kappa shape index (κ1) is 21.7. The summed E-state index contributed by atoms with van der Waals surface area (Å²) < 4.78 is 37.1. The van der Waals surface area contributed by atoms with Gasteiger partial charge in [-0.1, -0.05) is 48.5 Å². The van der Waals surface area contributed by atoms with Crippen LogP contribution >= 0.6 is 0 Å². The third-order valence-electron chi connectivity index (χ3n) is 4.28. The van der Waals surface area contributed by atoms with Crippen LogP contribution in [0.15, 0.2) is 72.8 Å². The predicted molar refractivity (Wildman–Crippen MR) is 113 cm³/mol. The van der Waals surface area contributed by atoms with Crippen molar-refractivity contribution in [3.8, 4) is 5.75 Å². The van der Waals surface area contributed by atoms with Gasteiger partial charge in [-0.05, 0) is 29.8 Å². The highest BCUT2D eigenvalue weighted by Gasteiger charge is 2.17. The van der Waals surface area contributed by atoms with Crippen molar-refractivity contribution < 1.29 is 27.8 Å². The van der Waals surface area contributed by atoms with Crippen LogP contribution in [0, 0.1) is 11.6 Å². The number of hydrogen-bond acceptors (Lipinski definition) is 4. The number of nitrogens with one attached hydrogen (secondary N) is 1. The van der Waals surface area contributed by atoms with Crippen LogP contribution in [0.2, 0.25) is 0 Å². The van der Waals surface area contributed by atoms with E-state index < -0.39 is 30.1 Å². The Bertz CT molecular complexity index is 1110. The standard InChI is InChI=1S/C24H19F2NO4/c1-30-22-10-6-5-9-17(22)13-19(16-7-3-2-4-8-16)24(29)31-15-23(28)27-21-12-11-18(25)14-20(21)26/h2-14H,15H2,1H3,(H,27,28)/b19-13+. The van der Waals surface area contributed by atoms with Crippen molar-refractivity contribution in [1.82, 2.24) is 0 Å². The van der Waals surface area contributed by atoms with Crippen LogP contribution in [0.3, 0.4) is 0 Å². The van der Waals surface area contributed by atoms with E-state index in [0.717, 1.165) is 12.1 Å². The number of rotatable bonds is 7. The van der Waals surface area contributed by atoms with Crippen LogP contribution in [0.25, 0.3) is 11.6 Å². The van der Waals surface area contributed by atoms with Crippen LogP contribution in [0.4, 0.5) is 14.5 Å². The van der Waals surface area contributed by atoms with Crippen LogP contribution in [-0.2, 0) is 14.3 Å². The van der Waals surface area contributed by atoms with Crippen LogP contribution < -0.4 is 10.1 Å². The molecule has 1 N–H and O–H groups in total. The van der Waals surface area contributed by atoms with Gasteiger partial charge in [-0.25, -0.2) is 13.6 Å². The summed E-state index contributed by atoms with van der Waals surface area (Å²) in [6.07, 6.45) is 1.61. The molecule has 0 radical (unpaired) electrons. The van der Waals surface area contributed by atoms with Crippen molar-refractivity contribution in [2.75, 3.05) is 19.0 Å². The molecule has 1 amide bonds. The van der Waals surface area contributed by atoms with Crippen molar-refractivity contribution in [3.63, 3.8) is 0 Å². The van der Waals surface area contributed by atoms with E-state index in [1.165, 1.54) is 7.11 Å². The lowest BCUT2D eigenvalue weighted by molar-refractivity contribution is -0.141. The van der Waals surface area contributed by atoms with Gasteiger partial charge in [0.05, 0.1) is 18.4 Å². The fraction of sp³-hybridized carbons (Fsp3) is 0.0833. The average molecular weight is 423 g/mol. The molecule has 158 valence electrons. The Labute approximate surface area is 177 Å². The molecule has 3 aromatic rings. The number of halogens is 2. The van der Waals surface area contributed by atoms with E-state index in [4.69, 9.17) is 9.47 Å². The Hall–Kier alpha value is -4.00. The molecule has 0 unspecified atom stereocenters. The van der Waals surface area contributed by atoms with Gasteiger partial charge >= 0.3 is 5.97 Å². The number of para-hydroxylation sites is 1. The zero-order chi connectivity index (χ0) is 22.2. The zero-order valence-corrected chi connectivity index (χ0v) is 16.6. The average Bonchev–Trinajstić information content (AvgIpc) is 2.78. The molecule has 0 heterocycles. The molecule has 3 aromatic carbocycles. The normalized spacial score (nSPS) is 11.0. The summed E-state index contributed by atoms with van der Waals surface area (Å²) in [4.78, 5) is 24.9. The Morgan fingerprint density at radius 1 is 0.968 bits per heavy atom. The molecular formula is C24H19F2NO4. The number of anilines is 1. The number of esters is 1. The topological polar surface area (TPSA) is 64.6 Å². The van der Waals surface area contributed by atoms with E-state index in [-0.39, 0.29) is 11.3 Å². The van der Waals surface area contributed by atoms with Gasteiger partial charge in [0.25, 0.3) is 5.91 Å². The molecule has 0 aliphatic rings. The number of hydrogen-bond donors (Lipinski definition) is 1. The van der Waals surface area contributed by atoms with Gasteiger partial charge in [0.2, 0.25) is 0 Å². The minimum atomic E-state index is -0.930. The lowest BCUT2D eigenvalue weighted by Crippen LogP contribution is -2.22. The van der Waals surface area contributed by atoms with Crippen molar-refractivity contribution in [3.05, 3.63) is 95.6 Å². The molecule has 0 aromatic heterocycles. The third kappa shape index (κ3) is 5.76. The Kier molecular flexibility index (Phi) is 7.11. The molecule has 7 heteroatoms. The second-order valence-corrected chi connectivity index (χ2v) is 6.41. The fourth-order valence-electron chi connectivity index (χ4n) is 2.80. The van der Waals surface area contributed by atoms with E-state index in [0.29, 0.717) is 22.9 Å². The lowest BCUT2D eigenvalue weighted by atomic mass is 10.0. The van der Waals surface area contributed by atoms with Crippen LogP contribution in [0.5, 0.6) is 5.75 Å². The first-order chi connectivity index (χ1) is 15.0. The van der Waals surface area contributed by atoms with Crippen molar-refractivity contribution in [2.45, 2.75) is 0 Å². The van der Waals surface area contributed by atoms with Gasteiger partial charge in [-0.3, -0.25) is 4.79 Å². The molecule has 31 heavy (non-hydrogen) atoms. The summed E-state index contributed by atoms with van der Waals surface area (Å²) in [5.74, 6) is -2.64. The van der Waals surface area contributed by atoms with Gasteiger partial charge in [-0.15, -0.1) is 0 Å². The summed E-state index contributed by atoms with van der Waals surface area (Å²) in [6, 6.07) is 18.7. The molecule has 0 atom stereocenters. The Morgan fingerprint density at radius 3 is 2.39 bits per heavy atom. The van der Waals surface area contributed by atoms with Crippen molar-refractivity contribution in [2.24, 2.45) is 0 Å². The first-order valence-corrected chi connectivity index (χ1v) is 9.30. The minimum absolute atomic E-state index is 0.213. The molecule has 0 fully saturated rings. The third-order valence-corrected chi connectivity index (χ3v) is 4.28. The maximum atomic E-state index is 13.7. The van der Waals surface area contributed by atoms with Crippen molar-refractivity contribution in [1.29, 1.82) is 0 Å². The van der Waals surface area contributed by atoms with E-state index in [2.05, 4.69) is 5.32 Å². The maximum Gasteiger partial charge on any atom is 0.339 e. The highest BCUT2D eigenvalue weighted by Crippen LogP contribution is 2.25. The van der Waals surface area contributed by atoms with Gasteiger partial charge in [0, 0.05) is 11.6 Å². The quantitative estimate of drug-likeness (QED) is 0.340. The van der Waals surface area contributed by atoms with Crippen LogP contribution in [0.1, 0.15) is 11.1 Å². The zero-order valence-electron chi connectivity index (χ0n) is 16.6. The monoisotopic (exact) mass is 423 g/mol. The van der Waals surface area contributed by atoms with Crippen molar-refractivity contribution >= 4 is 29.2 Å². The van der Waals surface area contributed by atoms with Gasteiger partial charge in [0.1, 0.15) is 17.4 Å². The van der Waals surface area contributed by atoms with Gasteiger partial charge < -0.3 is 14.8 Å². The molecule has 0 aliphatic carbocycles. The molecule has 5 nitrogen and oxygen atoms in total. The number of carbonyl (C=O) groups excluding carboxylic acids is 2. The van der Waals surface area contributed by atoms with Gasteiger partial charge in [-0.2, -0.15) is 0 Å². The second kappa shape index (κ2) is 10.2.